The fourth-order valence-electron chi connectivity index (χ4n) is 3.24. The monoisotopic (exact) mass is 404 g/mol. The highest BCUT2D eigenvalue weighted by molar-refractivity contribution is 6.01. The van der Waals surface area contributed by atoms with Gasteiger partial charge in [0, 0.05) is 18.9 Å². The molecule has 7 heteroatoms. The first-order chi connectivity index (χ1) is 13.7. The van der Waals surface area contributed by atoms with Gasteiger partial charge < -0.3 is 9.74 Å². The number of amides is 1. The van der Waals surface area contributed by atoms with Gasteiger partial charge >= 0.3 is 6.18 Å². The lowest BCUT2D eigenvalue weighted by molar-refractivity contribution is -0.137. The SMILES string of the molecule is CC(C)C(=O)N(Cc1cccc(C(F)(F)F)c1)CC1CC(c2ccccc2)=NO1. The molecule has 1 unspecified atom stereocenters. The fourth-order valence-corrected chi connectivity index (χ4v) is 3.24. The summed E-state index contributed by atoms with van der Waals surface area (Å²) >= 11 is 0. The molecule has 1 aliphatic rings. The van der Waals surface area contributed by atoms with Crippen LogP contribution in [-0.2, 0) is 22.4 Å². The molecule has 0 aliphatic carbocycles. The summed E-state index contributed by atoms with van der Waals surface area (Å²) in [6.07, 6.45) is -4.22. The van der Waals surface area contributed by atoms with E-state index in [1.165, 1.54) is 6.07 Å². The normalized spacial score (nSPS) is 16.5. The van der Waals surface area contributed by atoms with Crippen LogP contribution >= 0.6 is 0 Å². The minimum atomic E-state index is -4.42. The van der Waals surface area contributed by atoms with Gasteiger partial charge in [0.05, 0.1) is 17.8 Å². The second-order valence-electron chi connectivity index (χ2n) is 7.41. The van der Waals surface area contributed by atoms with Crippen molar-refractivity contribution >= 4 is 11.6 Å². The van der Waals surface area contributed by atoms with Crippen LogP contribution in [0.5, 0.6) is 0 Å². The number of benzene rings is 2. The summed E-state index contributed by atoms with van der Waals surface area (Å²) < 4.78 is 39.0. The number of halogens is 3. The topological polar surface area (TPSA) is 41.9 Å². The average Bonchev–Trinajstić information content (AvgIpc) is 3.16. The number of oxime groups is 1. The van der Waals surface area contributed by atoms with Gasteiger partial charge in [-0.2, -0.15) is 13.2 Å². The third-order valence-electron chi connectivity index (χ3n) is 4.70. The van der Waals surface area contributed by atoms with Crippen LogP contribution in [0.4, 0.5) is 13.2 Å². The molecule has 1 aliphatic heterocycles. The largest absolute Gasteiger partial charge is 0.416 e. The number of rotatable bonds is 6. The van der Waals surface area contributed by atoms with E-state index in [1.807, 2.05) is 30.3 Å². The number of alkyl halides is 3. The molecule has 2 aromatic rings. The van der Waals surface area contributed by atoms with E-state index in [-0.39, 0.29) is 31.0 Å². The zero-order valence-corrected chi connectivity index (χ0v) is 16.3. The average molecular weight is 404 g/mol. The third-order valence-corrected chi connectivity index (χ3v) is 4.70. The van der Waals surface area contributed by atoms with E-state index in [2.05, 4.69) is 5.16 Å². The van der Waals surface area contributed by atoms with E-state index in [0.717, 1.165) is 23.4 Å². The predicted octanol–water partition coefficient (Wildman–Crippen LogP) is 4.88. The highest BCUT2D eigenvalue weighted by atomic mass is 19.4. The first-order valence-corrected chi connectivity index (χ1v) is 9.47. The molecule has 154 valence electrons. The molecule has 1 heterocycles. The van der Waals surface area contributed by atoms with E-state index in [4.69, 9.17) is 4.84 Å². The second kappa shape index (κ2) is 8.68. The molecule has 2 aromatic carbocycles. The third kappa shape index (κ3) is 5.37. The summed E-state index contributed by atoms with van der Waals surface area (Å²) in [5.41, 5.74) is 1.45. The van der Waals surface area contributed by atoms with Crippen molar-refractivity contribution in [3.8, 4) is 0 Å². The predicted molar refractivity (Wildman–Crippen MR) is 104 cm³/mol. The van der Waals surface area contributed by atoms with Gasteiger partial charge in [0.25, 0.3) is 0 Å². The van der Waals surface area contributed by atoms with Crippen molar-refractivity contribution in [3.63, 3.8) is 0 Å². The molecule has 0 saturated heterocycles. The quantitative estimate of drug-likeness (QED) is 0.688. The Hall–Kier alpha value is -2.83. The van der Waals surface area contributed by atoms with Crippen LogP contribution in [0, 0.1) is 5.92 Å². The summed E-state index contributed by atoms with van der Waals surface area (Å²) in [6.45, 7) is 3.88. The minimum Gasteiger partial charge on any atom is -0.390 e. The molecule has 0 aromatic heterocycles. The Balaban J connectivity index is 1.72. The highest BCUT2D eigenvalue weighted by Crippen LogP contribution is 2.30. The molecule has 1 atom stereocenters. The molecule has 1 amide bonds. The van der Waals surface area contributed by atoms with Crippen molar-refractivity contribution in [3.05, 3.63) is 71.3 Å². The summed E-state index contributed by atoms with van der Waals surface area (Å²) in [7, 11) is 0. The Morgan fingerprint density at radius 1 is 1.17 bits per heavy atom. The summed E-state index contributed by atoms with van der Waals surface area (Å²) in [5, 5.41) is 4.13. The highest BCUT2D eigenvalue weighted by Gasteiger charge is 2.31. The first-order valence-electron chi connectivity index (χ1n) is 9.47. The van der Waals surface area contributed by atoms with E-state index in [0.29, 0.717) is 12.0 Å². The Morgan fingerprint density at radius 2 is 1.90 bits per heavy atom. The van der Waals surface area contributed by atoms with Crippen molar-refractivity contribution in [2.75, 3.05) is 6.54 Å². The van der Waals surface area contributed by atoms with Gasteiger partial charge in [0.1, 0.15) is 0 Å². The summed E-state index contributed by atoms with van der Waals surface area (Å²) in [6, 6.07) is 14.7. The molecule has 0 radical (unpaired) electrons. The second-order valence-corrected chi connectivity index (χ2v) is 7.41. The smallest absolute Gasteiger partial charge is 0.390 e. The lowest BCUT2D eigenvalue weighted by Gasteiger charge is -2.27. The molecule has 0 spiro atoms. The zero-order valence-electron chi connectivity index (χ0n) is 16.3. The van der Waals surface area contributed by atoms with Crippen LogP contribution in [0.1, 0.15) is 37.0 Å². The molecule has 29 heavy (non-hydrogen) atoms. The molecule has 0 saturated carbocycles. The maximum Gasteiger partial charge on any atom is 0.416 e. The van der Waals surface area contributed by atoms with Crippen LogP contribution < -0.4 is 0 Å². The number of hydrogen-bond donors (Lipinski definition) is 0. The van der Waals surface area contributed by atoms with Crippen molar-refractivity contribution in [1.82, 2.24) is 4.90 Å². The summed E-state index contributed by atoms with van der Waals surface area (Å²) in [4.78, 5) is 19.7. The van der Waals surface area contributed by atoms with E-state index in [1.54, 1.807) is 24.8 Å². The van der Waals surface area contributed by atoms with Crippen molar-refractivity contribution < 1.29 is 22.8 Å². The van der Waals surface area contributed by atoms with Crippen molar-refractivity contribution in [1.29, 1.82) is 0 Å². The maximum atomic E-state index is 13.0. The van der Waals surface area contributed by atoms with Gasteiger partial charge in [-0.3, -0.25) is 4.79 Å². The molecule has 3 rings (SSSR count). The lowest BCUT2D eigenvalue weighted by Crippen LogP contribution is -2.39. The first kappa shape index (κ1) is 20.9. The lowest BCUT2D eigenvalue weighted by atomic mass is 10.0. The maximum absolute atomic E-state index is 13.0. The Bertz CT molecular complexity index is 879. The molecule has 0 bridgehead atoms. The zero-order chi connectivity index (χ0) is 21.0. The van der Waals surface area contributed by atoms with Crippen LogP contribution in [0.2, 0.25) is 0 Å². The van der Waals surface area contributed by atoms with E-state index < -0.39 is 11.7 Å². The number of carbonyl (C=O) groups is 1. The number of hydrogen-bond acceptors (Lipinski definition) is 3. The molecule has 4 nitrogen and oxygen atoms in total. The standard InChI is InChI=1S/C22H23F3N2O2/c1-15(2)21(28)27(13-16-7-6-10-18(11-16)22(23,24)25)14-19-12-20(26-29-19)17-8-4-3-5-9-17/h3-11,15,19H,12-14H2,1-2H3. The fraction of sp³-hybridized carbons (Fsp3) is 0.364. The van der Waals surface area contributed by atoms with Crippen molar-refractivity contribution in [2.45, 2.75) is 39.1 Å². The Kier molecular flexibility index (Phi) is 6.25. The van der Waals surface area contributed by atoms with E-state index >= 15 is 0 Å². The minimum absolute atomic E-state index is 0.0848. The van der Waals surface area contributed by atoms with Crippen LogP contribution in [-0.4, -0.2) is 29.2 Å². The van der Waals surface area contributed by atoms with Gasteiger partial charge in [0.2, 0.25) is 5.91 Å². The van der Waals surface area contributed by atoms with Crippen molar-refractivity contribution in [2.24, 2.45) is 11.1 Å². The summed E-state index contributed by atoms with van der Waals surface area (Å²) in [5.74, 6) is -0.420. The molecular weight excluding hydrogens is 381 g/mol. The Morgan fingerprint density at radius 3 is 2.55 bits per heavy atom. The molecular formula is C22H23F3N2O2. The van der Waals surface area contributed by atoms with Gasteiger partial charge in [0.15, 0.2) is 6.10 Å². The van der Waals surface area contributed by atoms with Crippen LogP contribution in [0.15, 0.2) is 59.8 Å². The van der Waals surface area contributed by atoms with E-state index in [9.17, 15) is 18.0 Å². The van der Waals surface area contributed by atoms with Gasteiger partial charge in [-0.15, -0.1) is 0 Å². The van der Waals surface area contributed by atoms with Crippen LogP contribution in [0.25, 0.3) is 0 Å². The number of carbonyl (C=O) groups excluding carboxylic acids is 1. The van der Waals surface area contributed by atoms with Gasteiger partial charge in [-0.05, 0) is 23.3 Å². The van der Waals surface area contributed by atoms with Gasteiger partial charge in [-0.1, -0.05) is 61.5 Å². The van der Waals surface area contributed by atoms with Gasteiger partial charge in [-0.25, -0.2) is 0 Å². The Labute approximate surface area is 168 Å². The molecule has 0 N–H and O–H groups in total. The van der Waals surface area contributed by atoms with Crippen LogP contribution in [0.3, 0.4) is 0 Å². The number of nitrogens with zero attached hydrogens (tertiary/aromatic N) is 2. The molecule has 0 fully saturated rings.